The summed E-state index contributed by atoms with van der Waals surface area (Å²) in [5, 5.41) is 14.4. The first-order valence-electron chi connectivity index (χ1n) is 4.80. The van der Waals surface area contributed by atoms with Gasteiger partial charge in [-0.3, -0.25) is 4.98 Å². The van der Waals surface area contributed by atoms with E-state index in [1.807, 2.05) is 30.3 Å². The molecule has 0 aliphatic heterocycles. The Balaban J connectivity index is 2.64. The molecule has 1 aromatic heterocycles. The molecule has 0 amide bonds. The molecule has 72 valence electrons. The summed E-state index contributed by atoms with van der Waals surface area (Å²) in [6, 6.07) is 13.1. The van der Waals surface area contributed by atoms with Crippen LogP contribution in [0.25, 0.3) is 21.7 Å². The third-order valence-electron chi connectivity index (χ3n) is 2.58. The van der Waals surface area contributed by atoms with E-state index in [9.17, 15) is 5.11 Å². The summed E-state index contributed by atoms with van der Waals surface area (Å²) in [6.07, 6.45) is 1.72. The largest absolute Gasteiger partial charge is 0.872 e. The Hall–Kier alpha value is -2.09. The molecule has 0 fully saturated rings. The molecule has 1 heterocycles. The Morgan fingerprint density at radius 2 is 1.67 bits per heavy atom. The van der Waals surface area contributed by atoms with E-state index in [-0.39, 0.29) is 5.75 Å². The molecule has 2 nitrogen and oxygen atoms in total. The molecule has 0 bridgehead atoms. The lowest BCUT2D eigenvalue weighted by Crippen LogP contribution is -1.92. The summed E-state index contributed by atoms with van der Waals surface area (Å²) in [6.45, 7) is 0. The SMILES string of the molecule is [O-]c1cccc2ccc3cccnc3c12. The number of fused-ring (bicyclic) bond motifs is 3. The Morgan fingerprint density at radius 1 is 0.867 bits per heavy atom. The molecule has 0 atom stereocenters. The number of benzene rings is 2. The smallest absolute Gasteiger partial charge is 0.0774 e. The van der Waals surface area contributed by atoms with Gasteiger partial charge in [0, 0.05) is 17.0 Å². The van der Waals surface area contributed by atoms with Gasteiger partial charge in [-0.05, 0) is 11.5 Å². The summed E-state index contributed by atoms with van der Waals surface area (Å²) < 4.78 is 0. The van der Waals surface area contributed by atoms with Crippen LogP contribution in [0.3, 0.4) is 0 Å². The van der Waals surface area contributed by atoms with Crippen molar-refractivity contribution in [1.29, 1.82) is 0 Å². The average molecular weight is 194 g/mol. The average Bonchev–Trinajstić information content (AvgIpc) is 2.29. The molecule has 0 saturated heterocycles. The van der Waals surface area contributed by atoms with Crippen molar-refractivity contribution in [3.05, 3.63) is 48.7 Å². The predicted molar refractivity (Wildman–Crippen MR) is 58.7 cm³/mol. The van der Waals surface area contributed by atoms with Gasteiger partial charge < -0.3 is 5.11 Å². The van der Waals surface area contributed by atoms with Gasteiger partial charge in [-0.25, -0.2) is 0 Å². The van der Waals surface area contributed by atoms with Gasteiger partial charge in [-0.1, -0.05) is 42.1 Å². The number of aromatic nitrogens is 1. The van der Waals surface area contributed by atoms with E-state index in [2.05, 4.69) is 4.98 Å². The Kier molecular flexibility index (Phi) is 1.62. The molecule has 0 radical (unpaired) electrons. The fourth-order valence-electron chi connectivity index (χ4n) is 1.88. The first-order valence-corrected chi connectivity index (χ1v) is 4.80. The molecule has 3 rings (SSSR count). The van der Waals surface area contributed by atoms with Gasteiger partial charge in [0.25, 0.3) is 0 Å². The van der Waals surface area contributed by atoms with Crippen LogP contribution in [0.5, 0.6) is 5.75 Å². The first-order chi connectivity index (χ1) is 7.36. The van der Waals surface area contributed by atoms with E-state index in [4.69, 9.17) is 0 Å². The molecule has 0 spiro atoms. The van der Waals surface area contributed by atoms with Gasteiger partial charge in [-0.2, -0.15) is 0 Å². The van der Waals surface area contributed by atoms with E-state index in [0.717, 1.165) is 21.7 Å². The normalized spacial score (nSPS) is 10.9. The van der Waals surface area contributed by atoms with E-state index in [0.29, 0.717) is 0 Å². The molecule has 0 unspecified atom stereocenters. The van der Waals surface area contributed by atoms with Crippen molar-refractivity contribution < 1.29 is 5.11 Å². The lowest BCUT2D eigenvalue weighted by Gasteiger charge is -2.11. The minimum Gasteiger partial charge on any atom is -0.872 e. The fourth-order valence-corrected chi connectivity index (χ4v) is 1.88. The van der Waals surface area contributed by atoms with Crippen molar-refractivity contribution in [3.63, 3.8) is 0 Å². The van der Waals surface area contributed by atoms with Gasteiger partial charge in [0.05, 0.1) is 5.52 Å². The van der Waals surface area contributed by atoms with Crippen LogP contribution in [-0.2, 0) is 0 Å². The van der Waals surface area contributed by atoms with Crippen LogP contribution in [0.4, 0.5) is 0 Å². The highest BCUT2D eigenvalue weighted by Gasteiger charge is 2.00. The van der Waals surface area contributed by atoms with Crippen LogP contribution in [0.2, 0.25) is 0 Å². The van der Waals surface area contributed by atoms with Crippen molar-refractivity contribution >= 4 is 21.7 Å². The molecule has 3 aromatic rings. The lowest BCUT2D eigenvalue weighted by molar-refractivity contribution is -0.265. The van der Waals surface area contributed by atoms with Gasteiger partial charge >= 0.3 is 0 Å². The maximum Gasteiger partial charge on any atom is 0.0774 e. The van der Waals surface area contributed by atoms with Crippen molar-refractivity contribution in [2.24, 2.45) is 0 Å². The second kappa shape index (κ2) is 2.95. The molecular weight excluding hydrogens is 186 g/mol. The molecule has 2 heteroatoms. The van der Waals surface area contributed by atoms with Gasteiger partial charge in [0.1, 0.15) is 0 Å². The van der Waals surface area contributed by atoms with E-state index in [1.165, 1.54) is 0 Å². The molecule has 0 saturated carbocycles. The second-order valence-electron chi connectivity index (χ2n) is 3.49. The summed E-state index contributed by atoms with van der Waals surface area (Å²) in [5.41, 5.74) is 0.792. The van der Waals surface area contributed by atoms with E-state index < -0.39 is 0 Å². The fraction of sp³-hybridized carbons (Fsp3) is 0. The zero-order valence-electron chi connectivity index (χ0n) is 7.97. The van der Waals surface area contributed by atoms with Crippen LogP contribution in [-0.4, -0.2) is 4.98 Å². The van der Waals surface area contributed by atoms with E-state index >= 15 is 0 Å². The Labute approximate surface area is 86.8 Å². The number of pyridine rings is 1. The summed E-state index contributed by atoms with van der Waals surface area (Å²) in [5.74, 6) is 0.0387. The number of hydrogen-bond donors (Lipinski definition) is 0. The number of nitrogens with zero attached hydrogens (tertiary/aromatic N) is 1. The second-order valence-corrected chi connectivity index (χ2v) is 3.49. The molecule has 2 aromatic carbocycles. The van der Waals surface area contributed by atoms with Crippen LogP contribution >= 0.6 is 0 Å². The Morgan fingerprint density at radius 3 is 2.60 bits per heavy atom. The minimum absolute atomic E-state index is 0.0387. The molecule has 0 N–H and O–H groups in total. The van der Waals surface area contributed by atoms with Crippen molar-refractivity contribution in [2.75, 3.05) is 0 Å². The van der Waals surface area contributed by atoms with Crippen LogP contribution in [0.15, 0.2) is 48.7 Å². The predicted octanol–water partition coefficient (Wildman–Crippen LogP) is 2.46. The van der Waals surface area contributed by atoms with Crippen molar-refractivity contribution in [1.82, 2.24) is 4.98 Å². The number of rotatable bonds is 0. The lowest BCUT2D eigenvalue weighted by atomic mass is 10.1. The zero-order valence-corrected chi connectivity index (χ0v) is 7.97. The summed E-state index contributed by atoms with van der Waals surface area (Å²) >= 11 is 0. The highest BCUT2D eigenvalue weighted by atomic mass is 16.3. The topological polar surface area (TPSA) is 36.0 Å². The first kappa shape index (κ1) is 8.24. The molecule has 0 aliphatic carbocycles. The molecule has 0 aliphatic rings. The van der Waals surface area contributed by atoms with Gasteiger partial charge in [0.15, 0.2) is 0 Å². The summed E-state index contributed by atoms with van der Waals surface area (Å²) in [4.78, 5) is 4.27. The minimum atomic E-state index is 0.0387. The maximum atomic E-state index is 11.8. The van der Waals surface area contributed by atoms with Crippen molar-refractivity contribution in [3.8, 4) is 5.75 Å². The summed E-state index contributed by atoms with van der Waals surface area (Å²) in [7, 11) is 0. The molecule has 15 heavy (non-hydrogen) atoms. The van der Waals surface area contributed by atoms with Crippen LogP contribution in [0.1, 0.15) is 0 Å². The third kappa shape index (κ3) is 1.15. The quantitative estimate of drug-likeness (QED) is 0.515. The highest BCUT2D eigenvalue weighted by molar-refractivity contribution is 6.07. The standard InChI is InChI=1S/C13H9NO/c15-11-5-1-3-9-6-7-10-4-2-8-14-13(10)12(9)11/h1-8,15H/p-1. The van der Waals surface area contributed by atoms with Crippen LogP contribution in [0, 0.1) is 0 Å². The Bertz CT molecular complexity index is 646. The highest BCUT2D eigenvalue weighted by Crippen LogP contribution is 2.28. The van der Waals surface area contributed by atoms with Crippen molar-refractivity contribution in [2.45, 2.75) is 0 Å². The third-order valence-corrected chi connectivity index (χ3v) is 2.58. The maximum absolute atomic E-state index is 11.8. The monoisotopic (exact) mass is 194 g/mol. The number of hydrogen-bond acceptors (Lipinski definition) is 2. The molecular formula is C13H8NO-. The van der Waals surface area contributed by atoms with Gasteiger partial charge in [-0.15, -0.1) is 0 Å². The van der Waals surface area contributed by atoms with E-state index in [1.54, 1.807) is 18.3 Å². The van der Waals surface area contributed by atoms with Gasteiger partial charge in [0.2, 0.25) is 0 Å². The van der Waals surface area contributed by atoms with Crippen LogP contribution < -0.4 is 5.11 Å². The zero-order chi connectivity index (χ0) is 10.3.